The first-order valence-electron chi connectivity index (χ1n) is 6.13. The molecule has 1 aliphatic heterocycles. The first kappa shape index (κ1) is 14.8. The lowest BCUT2D eigenvalue weighted by Gasteiger charge is -2.17. The lowest BCUT2D eigenvalue weighted by atomic mass is 10.00. The number of hydrogen-bond acceptors (Lipinski definition) is 2. The molecule has 2 amide bonds. The third-order valence-corrected chi connectivity index (χ3v) is 4.61. The third-order valence-electron chi connectivity index (χ3n) is 3.46. The molecule has 0 aromatic heterocycles. The number of hydrogen-bond donors (Lipinski definition) is 2. The Labute approximate surface area is 129 Å². The van der Waals surface area contributed by atoms with Crippen LogP contribution in [-0.2, 0) is 0 Å². The molecule has 1 saturated heterocycles. The molecule has 6 heteroatoms. The number of nitrogens with zero attached hydrogens (tertiary/aromatic N) is 1. The Morgan fingerprint density at radius 2 is 2.21 bits per heavy atom. The van der Waals surface area contributed by atoms with E-state index in [2.05, 4.69) is 44.1 Å². The van der Waals surface area contributed by atoms with Gasteiger partial charge in [0.25, 0.3) is 0 Å². The molecular weight excluding hydrogens is 376 g/mol. The van der Waals surface area contributed by atoms with Crippen molar-refractivity contribution in [2.45, 2.75) is 6.92 Å². The highest BCUT2D eigenvalue weighted by Gasteiger charge is 2.31. The number of likely N-dealkylation sites (tertiary alicyclic amines) is 1. The number of anilines is 1. The molecule has 0 unspecified atom stereocenters. The van der Waals surface area contributed by atoms with E-state index < -0.39 is 0 Å². The molecule has 0 bridgehead atoms. The van der Waals surface area contributed by atoms with Crippen molar-refractivity contribution in [2.75, 3.05) is 25.0 Å². The molecule has 1 aromatic rings. The van der Waals surface area contributed by atoms with Crippen LogP contribution in [0.4, 0.5) is 10.5 Å². The summed E-state index contributed by atoms with van der Waals surface area (Å²) in [6, 6.07) is 5.49. The van der Waals surface area contributed by atoms with Crippen molar-refractivity contribution in [3.05, 3.63) is 27.1 Å². The number of carbonyl (C=O) groups excluding carboxylic acids is 1. The van der Waals surface area contributed by atoms with Crippen LogP contribution in [0, 0.1) is 11.8 Å². The number of aliphatic hydroxyl groups is 1. The van der Waals surface area contributed by atoms with Crippen LogP contribution in [0.1, 0.15) is 6.92 Å². The molecule has 0 radical (unpaired) electrons. The summed E-state index contributed by atoms with van der Waals surface area (Å²) in [5, 5.41) is 12.1. The van der Waals surface area contributed by atoms with Crippen molar-refractivity contribution in [1.82, 2.24) is 4.90 Å². The minimum atomic E-state index is -0.120. The van der Waals surface area contributed by atoms with Gasteiger partial charge < -0.3 is 15.3 Å². The molecular formula is C13H16Br2N2O2. The number of carbonyl (C=O) groups is 1. The van der Waals surface area contributed by atoms with Crippen molar-refractivity contribution < 1.29 is 9.90 Å². The van der Waals surface area contributed by atoms with Crippen LogP contribution >= 0.6 is 31.9 Å². The first-order chi connectivity index (χ1) is 9.01. The van der Waals surface area contributed by atoms with Gasteiger partial charge in [0.05, 0.1) is 5.69 Å². The number of benzene rings is 1. The zero-order valence-corrected chi connectivity index (χ0v) is 13.7. The molecule has 2 rings (SSSR count). The summed E-state index contributed by atoms with van der Waals surface area (Å²) < 4.78 is 1.79. The van der Waals surface area contributed by atoms with Crippen LogP contribution < -0.4 is 5.32 Å². The number of aliphatic hydroxyl groups excluding tert-OH is 1. The first-order valence-corrected chi connectivity index (χ1v) is 7.71. The van der Waals surface area contributed by atoms with Crippen molar-refractivity contribution in [2.24, 2.45) is 11.8 Å². The van der Waals surface area contributed by atoms with E-state index in [1.807, 2.05) is 18.2 Å². The second-order valence-electron chi connectivity index (χ2n) is 4.88. The molecule has 4 nitrogen and oxygen atoms in total. The highest BCUT2D eigenvalue weighted by molar-refractivity contribution is 9.11. The highest BCUT2D eigenvalue weighted by atomic mass is 79.9. The quantitative estimate of drug-likeness (QED) is 0.812. The number of rotatable bonds is 2. The largest absolute Gasteiger partial charge is 0.396 e. The van der Waals surface area contributed by atoms with Gasteiger partial charge >= 0.3 is 6.03 Å². The summed E-state index contributed by atoms with van der Waals surface area (Å²) in [4.78, 5) is 13.9. The van der Waals surface area contributed by atoms with Gasteiger partial charge in [0.2, 0.25) is 0 Å². The second kappa shape index (κ2) is 6.24. The Kier molecular flexibility index (Phi) is 4.86. The van der Waals surface area contributed by atoms with Gasteiger partial charge in [-0.3, -0.25) is 0 Å². The Bertz CT molecular complexity index is 482. The molecule has 0 aliphatic carbocycles. The second-order valence-corrected chi connectivity index (χ2v) is 6.65. The molecule has 0 saturated carbocycles. The van der Waals surface area contributed by atoms with E-state index >= 15 is 0 Å². The summed E-state index contributed by atoms with van der Waals surface area (Å²) in [6.45, 7) is 3.49. The number of halogens is 2. The minimum absolute atomic E-state index is 0.120. The van der Waals surface area contributed by atoms with Crippen molar-refractivity contribution in [3.8, 4) is 0 Å². The van der Waals surface area contributed by atoms with E-state index in [0.29, 0.717) is 19.0 Å². The fraction of sp³-hybridized carbons (Fsp3) is 0.462. The van der Waals surface area contributed by atoms with Crippen molar-refractivity contribution in [3.63, 3.8) is 0 Å². The monoisotopic (exact) mass is 390 g/mol. The van der Waals surface area contributed by atoms with Gasteiger partial charge in [0.1, 0.15) is 0 Å². The minimum Gasteiger partial charge on any atom is -0.396 e. The molecule has 0 spiro atoms. The molecule has 19 heavy (non-hydrogen) atoms. The molecule has 2 atom stereocenters. The summed E-state index contributed by atoms with van der Waals surface area (Å²) in [7, 11) is 0. The molecule has 1 aromatic carbocycles. The van der Waals surface area contributed by atoms with Gasteiger partial charge in [-0.25, -0.2) is 4.79 Å². The van der Waals surface area contributed by atoms with Gasteiger partial charge in [0, 0.05) is 34.6 Å². The number of amides is 2. The van der Waals surface area contributed by atoms with Crippen LogP contribution in [-0.4, -0.2) is 35.7 Å². The van der Waals surface area contributed by atoms with Crippen molar-refractivity contribution in [1.29, 1.82) is 0 Å². The fourth-order valence-corrected chi connectivity index (χ4v) is 3.37. The van der Waals surface area contributed by atoms with Gasteiger partial charge in [-0.15, -0.1) is 0 Å². The Morgan fingerprint density at radius 3 is 2.79 bits per heavy atom. The van der Waals surface area contributed by atoms with Crippen LogP contribution in [0.5, 0.6) is 0 Å². The normalized spacial score (nSPS) is 22.6. The zero-order valence-electron chi connectivity index (χ0n) is 10.6. The molecule has 2 N–H and O–H groups in total. The van der Waals surface area contributed by atoms with Gasteiger partial charge in [-0.2, -0.15) is 0 Å². The summed E-state index contributed by atoms with van der Waals surface area (Å²) >= 11 is 6.79. The van der Waals surface area contributed by atoms with Crippen LogP contribution in [0.15, 0.2) is 27.1 Å². The van der Waals surface area contributed by atoms with E-state index in [1.165, 1.54) is 0 Å². The van der Waals surface area contributed by atoms with Crippen LogP contribution in [0.2, 0.25) is 0 Å². The zero-order chi connectivity index (χ0) is 14.0. The Morgan fingerprint density at radius 1 is 1.47 bits per heavy atom. The summed E-state index contributed by atoms with van der Waals surface area (Å²) in [5.74, 6) is 0.517. The standard InChI is InChI=1S/C13H16Br2N2O2/c1-8-5-17(6-9(8)7-18)13(19)16-12-3-2-10(14)4-11(12)15/h2-4,8-9,18H,5-7H2,1H3,(H,16,19)/t8-,9+/m1/s1. The van der Waals surface area contributed by atoms with E-state index in [0.717, 1.165) is 14.6 Å². The highest BCUT2D eigenvalue weighted by Crippen LogP contribution is 2.28. The predicted octanol–water partition coefficient (Wildman–Crippen LogP) is 3.30. The van der Waals surface area contributed by atoms with Gasteiger partial charge in [0.15, 0.2) is 0 Å². The maximum Gasteiger partial charge on any atom is 0.321 e. The lowest BCUT2D eigenvalue weighted by molar-refractivity contribution is 0.202. The van der Waals surface area contributed by atoms with E-state index in [4.69, 9.17) is 0 Å². The molecule has 1 fully saturated rings. The summed E-state index contributed by atoms with van der Waals surface area (Å²) in [6.07, 6.45) is 0. The third kappa shape index (κ3) is 3.49. The average Bonchev–Trinajstić information content (AvgIpc) is 2.74. The van der Waals surface area contributed by atoms with Gasteiger partial charge in [-0.05, 0) is 40.0 Å². The maximum absolute atomic E-state index is 12.2. The number of nitrogens with one attached hydrogen (secondary N) is 1. The molecule has 104 valence electrons. The molecule has 1 aliphatic rings. The lowest BCUT2D eigenvalue weighted by Crippen LogP contribution is -2.33. The fourth-order valence-electron chi connectivity index (χ4n) is 2.22. The summed E-state index contributed by atoms with van der Waals surface area (Å²) in [5.41, 5.74) is 0.744. The molecule has 1 heterocycles. The van der Waals surface area contributed by atoms with E-state index in [-0.39, 0.29) is 18.6 Å². The van der Waals surface area contributed by atoms with E-state index in [9.17, 15) is 9.90 Å². The maximum atomic E-state index is 12.2. The number of urea groups is 1. The predicted molar refractivity (Wildman–Crippen MR) is 82.2 cm³/mol. The Balaban J connectivity index is 2.02. The topological polar surface area (TPSA) is 52.6 Å². The Hall–Kier alpha value is -0.590. The van der Waals surface area contributed by atoms with Crippen LogP contribution in [0.25, 0.3) is 0 Å². The average molecular weight is 392 g/mol. The van der Waals surface area contributed by atoms with Gasteiger partial charge in [-0.1, -0.05) is 22.9 Å². The van der Waals surface area contributed by atoms with Crippen molar-refractivity contribution >= 4 is 43.6 Å². The van der Waals surface area contributed by atoms with Crippen LogP contribution in [0.3, 0.4) is 0 Å². The van der Waals surface area contributed by atoms with E-state index in [1.54, 1.807) is 4.90 Å². The SMILES string of the molecule is C[C@@H]1CN(C(=O)Nc2ccc(Br)cc2Br)C[C@H]1CO. The smallest absolute Gasteiger partial charge is 0.321 e.